The number of hydrogen-bond donors (Lipinski definition) is 0. The van der Waals surface area contributed by atoms with E-state index in [0.717, 1.165) is 72.2 Å². The largest absolute Gasteiger partial charge is 0.354 e. The van der Waals surface area contributed by atoms with Gasteiger partial charge < -0.3 is 9.80 Å². The lowest BCUT2D eigenvalue weighted by molar-refractivity contribution is -0.128. The van der Waals surface area contributed by atoms with Crippen molar-refractivity contribution >= 4 is 34.5 Å². The number of benzene rings is 2. The van der Waals surface area contributed by atoms with E-state index in [2.05, 4.69) is 16.9 Å². The zero-order valence-electron chi connectivity index (χ0n) is 20.0. The molecule has 0 spiro atoms. The Labute approximate surface area is 210 Å². The summed E-state index contributed by atoms with van der Waals surface area (Å²) in [7, 11) is 0. The van der Waals surface area contributed by atoms with Crippen LogP contribution in [0.1, 0.15) is 25.6 Å². The monoisotopic (exact) mass is 486 g/mol. The van der Waals surface area contributed by atoms with E-state index >= 15 is 0 Å². The lowest BCUT2D eigenvalue weighted by Crippen LogP contribution is -2.36. The van der Waals surface area contributed by atoms with Crippen LogP contribution in [0, 0.1) is 0 Å². The first-order chi connectivity index (χ1) is 17.2. The molecule has 2 aromatic carbocycles. The Morgan fingerprint density at radius 1 is 0.943 bits per heavy atom. The topological polar surface area (TPSA) is 67.2 Å². The fraction of sp³-hybridized carbons (Fsp3) is 0.333. The van der Waals surface area contributed by atoms with E-state index in [4.69, 9.17) is 9.97 Å². The summed E-state index contributed by atoms with van der Waals surface area (Å²) < 4.78 is 1.90. The molecule has 0 bridgehead atoms. The van der Waals surface area contributed by atoms with Crippen LogP contribution < -0.4 is 4.90 Å². The second-order valence-electron chi connectivity index (χ2n) is 8.67. The zero-order valence-corrected chi connectivity index (χ0v) is 20.8. The molecule has 1 aliphatic rings. The van der Waals surface area contributed by atoms with Crippen molar-refractivity contribution in [2.75, 3.05) is 36.8 Å². The number of para-hydroxylation sites is 1. The smallest absolute Gasteiger partial charge is 0.232 e. The van der Waals surface area contributed by atoms with E-state index in [0.29, 0.717) is 12.3 Å². The van der Waals surface area contributed by atoms with E-state index < -0.39 is 0 Å². The van der Waals surface area contributed by atoms with E-state index in [1.54, 1.807) is 11.8 Å². The Balaban J connectivity index is 1.36. The highest BCUT2D eigenvalue weighted by Crippen LogP contribution is 2.27. The Hall–Kier alpha value is -3.39. The molecule has 180 valence electrons. The number of aryl methyl sites for hydroxylation is 1. The minimum Gasteiger partial charge on any atom is -0.354 e. The van der Waals surface area contributed by atoms with Crippen LogP contribution in [0.25, 0.3) is 16.7 Å². The van der Waals surface area contributed by atoms with Crippen LogP contribution in [0.15, 0.2) is 71.8 Å². The number of hydrogen-bond acceptors (Lipinski definition) is 6. The predicted molar refractivity (Wildman–Crippen MR) is 141 cm³/mol. The van der Waals surface area contributed by atoms with Gasteiger partial charge in [-0.15, -0.1) is 11.8 Å². The van der Waals surface area contributed by atoms with Gasteiger partial charge in [0.05, 0.1) is 23.0 Å². The number of carbonyl (C=O) groups is 1. The second-order valence-corrected chi connectivity index (χ2v) is 9.71. The third kappa shape index (κ3) is 5.32. The number of fused-ring (bicyclic) bond motifs is 1. The average molecular weight is 487 g/mol. The summed E-state index contributed by atoms with van der Waals surface area (Å²) in [5.74, 6) is 2.42. The molecule has 35 heavy (non-hydrogen) atoms. The quantitative estimate of drug-likeness (QED) is 0.356. The van der Waals surface area contributed by atoms with Crippen LogP contribution in [0.5, 0.6) is 0 Å². The van der Waals surface area contributed by atoms with Gasteiger partial charge >= 0.3 is 0 Å². The highest BCUT2D eigenvalue weighted by Gasteiger charge is 2.23. The molecule has 5 rings (SSSR count). The molecule has 0 atom stereocenters. The van der Waals surface area contributed by atoms with Gasteiger partial charge in [-0.3, -0.25) is 4.79 Å². The van der Waals surface area contributed by atoms with Crippen LogP contribution in [0.4, 0.5) is 5.82 Å². The molecule has 1 amide bonds. The van der Waals surface area contributed by atoms with Crippen molar-refractivity contribution in [1.82, 2.24) is 24.6 Å². The molecule has 0 saturated carbocycles. The van der Waals surface area contributed by atoms with Gasteiger partial charge in [0.1, 0.15) is 11.6 Å². The minimum absolute atomic E-state index is 0.192. The number of amides is 1. The van der Waals surface area contributed by atoms with E-state index in [1.165, 1.54) is 0 Å². The number of thioether (sulfide) groups is 1. The lowest BCUT2D eigenvalue weighted by atomic mass is 10.2. The maximum Gasteiger partial charge on any atom is 0.232 e. The molecule has 3 heterocycles. The fourth-order valence-electron chi connectivity index (χ4n) is 4.40. The van der Waals surface area contributed by atoms with Gasteiger partial charge in [-0.25, -0.2) is 14.6 Å². The molecular formula is C27H30N6OS. The molecular weight excluding hydrogens is 456 g/mol. The number of anilines is 1. The normalized spacial score (nSPS) is 14.3. The van der Waals surface area contributed by atoms with Crippen LogP contribution in [0.3, 0.4) is 0 Å². The maximum atomic E-state index is 12.9. The van der Waals surface area contributed by atoms with Gasteiger partial charge in [0.25, 0.3) is 0 Å². The lowest BCUT2D eigenvalue weighted by Gasteiger charge is -2.23. The number of rotatable bonds is 7. The van der Waals surface area contributed by atoms with Gasteiger partial charge in [0, 0.05) is 37.5 Å². The third-order valence-electron chi connectivity index (χ3n) is 6.18. The van der Waals surface area contributed by atoms with Crippen molar-refractivity contribution < 1.29 is 4.79 Å². The Kier molecular flexibility index (Phi) is 7.28. The molecule has 0 radical (unpaired) electrons. The molecule has 1 saturated heterocycles. The van der Waals surface area contributed by atoms with E-state index in [1.807, 2.05) is 76.4 Å². The number of aromatic nitrogens is 4. The van der Waals surface area contributed by atoms with Gasteiger partial charge in [-0.05, 0) is 37.1 Å². The molecule has 4 aromatic rings. The van der Waals surface area contributed by atoms with Crippen molar-refractivity contribution in [2.24, 2.45) is 0 Å². The number of carbonyl (C=O) groups excluding carboxylic acids is 1. The molecule has 0 N–H and O–H groups in total. The van der Waals surface area contributed by atoms with Gasteiger partial charge in [-0.2, -0.15) is 5.10 Å². The maximum absolute atomic E-state index is 12.9. The minimum atomic E-state index is 0.192. The summed E-state index contributed by atoms with van der Waals surface area (Å²) in [4.78, 5) is 28.2. The molecule has 7 nitrogen and oxygen atoms in total. The summed E-state index contributed by atoms with van der Waals surface area (Å²) >= 11 is 1.60. The average Bonchev–Trinajstić information content (AvgIpc) is 3.17. The summed E-state index contributed by atoms with van der Waals surface area (Å²) in [5.41, 5.74) is 1.82. The SMILES string of the molecule is CCCc1nc(N2CCCN(C(=O)CSc3ccccc3)CC2)c2cnn(-c3ccccc3)c2n1. The van der Waals surface area contributed by atoms with Crippen LogP contribution in [-0.2, 0) is 11.2 Å². The van der Waals surface area contributed by atoms with Crippen LogP contribution in [-0.4, -0.2) is 62.5 Å². The highest BCUT2D eigenvalue weighted by molar-refractivity contribution is 8.00. The highest BCUT2D eigenvalue weighted by atomic mass is 32.2. The number of nitrogens with zero attached hydrogens (tertiary/aromatic N) is 6. The van der Waals surface area contributed by atoms with Crippen molar-refractivity contribution in [2.45, 2.75) is 31.1 Å². The fourth-order valence-corrected chi connectivity index (χ4v) is 5.23. The molecule has 0 unspecified atom stereocenters. The molecule has 1 aliphatic heterocycles. The van der Waals surface area contributed by atoms with Crippen LogP contribution >= 0.6 is 11.8 Å². The van der Waals surface area contributed by atoms with Crippen molar-refractivity contribution in [3.05, 3.63) is 72.7 Å². The van der Waals surface area contributed by atoms with Crippen LogP contribution in [0.2, 0.25) is 0 Å². The van der Waals surface area contributed by atoms with Gasteiger partial charge in [-0.1, -0.05) is 43.3 Å². The van der Waals surface area contributed by atoms with Crippen molar-refractivity contribution in [3.63, 3.8) is 0 Å². The standard InChI is InChI=1S/C27H30N6OS/c1-2-10-24-29-26(23-19-28-33(27(23)30-24)21-11-5-3-6-12-21)32-16-9-15-31(17-18-32)25(34)20-35-22-13-7-4-8-14-22/h3-8,11-14,19H,2,9-10,15-18,20H2,1H3. The Morgan fingerprint density at radius 3 is 2.49 bits per heavy atom. The predicted octanol–water partition coefficient (Wildman–Crippen LogP) is 4.60. The zero-order chi connectivity index (χ0) is 24.0. The van der Waals surface area contributed by atoms with Gasteiger partial charge in [0.15, 0.2) is 5.65 Å². The second kappa shape index (κ2) is 10.9. The Morgan fingerprint density at radius 2 is 1.71 bits per heavy atom. The van der Waals surface area contributed by atoms with Gasteiger partial charge in [0.2, 0.25) is 5.91 Å². The first-order valence-corrected chi connectivity index (χ1v) is 13.2. The first kappa shape index (κ1) is 23.4. The van der Waals surface area contributed by atoms with Crippen molar-refractivity contribution in [1.29, 1.82) is 0 Å². The van der Waals surface area contributed by atoms with Crippen molar-refractivity contribution in [3.8, 4) is 5.69 Å². The first-order valence-electron chi connectivity index (χ1n) is 12.2. The summed E-state index contributed by atoms with van der Waals surface area (Å²) in [6, 6.07) is 20.2. The molecule has 8 heteroatoms. The Bertz CT molecular complexity index is 1280. The summed E-state index contributed by atoms with van der Waals surface area (Å²) in [6.07, 6.45) is 4.57. The summed E-state index contributed by atoms with van der Waals surface area (Å²) in [6.45, 7) is 5.20. The molecule has 1 fully saturated rings. The molecule has 2 aromatic heterocycles. The summed E-state index contributed by atoms with van der Waals surface area (Å²) in [5, 5.41) is 5.61. The van der Waals surface area contributed by atoms with E-state index in [9.17, 15) is 4.79 Å². The third-order valence-corrected chi connectivity index (χ3v) is 7.18. The molecule has 0 aliphatic carbocycles. The van der Waals surface area contributed by atoms with E-state index in [-0.39, 0.29) is 5.91 Å².